The maximum atomic E-state index is 12.5. The number of nitrogens with one attached hydrogen (secondary N) is 1. The van der Waals surface area contributed by atoms with Crippen molar-refractivity contribution >= 4 is 11.9 Å². The van der Waals surface area contributed by atoms with Crippen molar-refractivity contribution in [2.45, 2.75) is 66.3 Å². The highest BCUT2D eigenvalue weighted by molar-refractivity contribution is 5.85. The molecule has 0 saturated carbocycles. The van der Waals surface area contributed by atoms with Gasteiger partial charge in [-0.15, -0.1) is 0 Å². The summed E-state index contributed by atoms with van der Waals surface area (Å²) in [5.41, 5.74) is 9.48. The van der Waals surface area contributed by atoms with Crippen LogP contribution in [-0.4, -0.2) is 44.8 Å². The molecule has 0 saturated heterocycles. The van der Waals surface area contributed by atoms with Crippen LogP contribution in [0.25, 0.3) is 0 Å². The standard InChI is InChI=1S/C22H36N2O5/c1-7-17-16(5)20(14(3)15(4)21(17)27-6)29-13-19(25)24-18(11-9-10-12-23)22(26)28-8-2/h18H,7-13,23H2,1-6H3,(H,24,25)/t18-/m0/s1. The number of esters is 1. The largest absolute Gasteiger partial charge is 0.496 e. The number of methoxy groups -OCH3 is 1. The lowest BCUT2D eigenvalue weighted by Crippen LogP contribution is -2.44. The van der Waals surface area contributed by atoms with Gasteiger partial charge in [0.25, 0.3) is 5.91 Å². The minimum absolute atomic E-state index is 0.177. The Kier molecular flexibility index (Phi) is 10.5. The van der Waals surface area contributed by atoms with Crippen LogP contribution in [0.2, 0.25) is 0 Å². The lowest BCUT2D eigenvalue weighted by atomic mass is 9.96. The highest BCUT2D eigenvalue weighted by Crippen LogP contribution is 2.37. The summed E-state index contributed by atoms with van der Waals surface area (Å²) in [7, 11) is 1.66. The van der Waals surface area contributed by atoms with E-state index in [1.165, 1.54) is 0 Å². The van der Waals surface area contributed by atoms with Crippen LogP contribution in [0.5, 0.6) is 11.5 Å². The van der Waals surface area contributed by atoms with E-state index in [0.717, 1.165) is 47.3 Å². The fourth-order valence-corrected chi connectivity index (χ4v) is 3.43. The molecule has 0 fully saturated rings. The van der Waals surface area contributed by atoms with E-state index in [-0.39, 0.29) is 19.1 Å². The van der Waals surface area contributed by atoms with Gasteiger partial charge in [0.1, 0.15) is 17.5 Å². The first-order valence-electron chi connectivity index (χ1n) is 10.3. The van der Waals surface area contributed by atoms with Crippen molar-refractivity contribution in [3.8, 4) is 11.5 Å². The lowest BCUT2D eigenvalue weighted by Gasteiger charge is -2.21. The Morgan fingerprint density at radius 1 is 1.03 bits per heavy atom. The molecule has 7 nitrogen and oxygen atoms in total. The van der Waals surface area contributed by atoms with Crippen LogP contribution in [0.15, 0.2) is 0 Å². The van der Waals surface area contributed by atoms with Gasteiger partial charge in [-0.25, -0.2) is 4.79 Å². The van der Waals surface area contributed by atoms with Crippen LogP contribution < -0.4 is 20.5 Å². The van der Waals surface area contributed by atoms with Gasteiger partial charge in [0.05, 0.1) is 13.7 Å². The summed E-state index contributed by atoms with van der Waals surface area (Å²) in [6.45, 7) is 10.3. The summed E-state index contributed by atoms with van der Waals surface area (Å²) < 4.78 is 16.5. The topological polar surface area (TPSA) is 99.9 Å². The van der Waals surface area contributed by atoms with E-state index in [2.05, 4.69) is 12.2 Å². The molecule has 0 unspecified atom stereocenters. The predicted octanol–water partition coefficient (Wildman–Crippen LogP) is 2.74. The fraction of sp³-hybridized carbons (Fsp3) is 0.636. The quantitative estimate of drug-likeness (QED) is 0.407. The Balaban J connectivity index is 2.89. The second-order valence-corrected chi connectivity index (χ2v) is 7.01. The number of amides is 1. The molecule has 1 aromatic rings. The highest BCUT2D eigenvalue weighted by atomic mass is 16.5. The summed E-state index contributed by atoms with van der Waals surface area (Å²) in [4.78, 5) is 24.6. The minimum atomic E-state index is -0.691. The van der Waals surface area contributed by atoms with Gasteiger partial charge in [-0.05, 0) is 76.6 Å². The van der Waals surface area contributed by atoms with Crippen molar-refractivity contribution < 1.29 is 23.8 Å². The summed E-state index contributed by atoms with van der Waals surface area (Å²) >= 11 is 0. The zero-order chi connectivity index (χ0) is 22.0. The van der Waals surface area contributed by atoms with E-state index in [1.807, 2.05) is 20.8 Å². The third-order valence-corrected chi connectivity index (χ3v) is 5.07. The van der Waals surface area contributed by atoms with Crippen LogP contribution in [0, 0.1) is 20.8 Å². The molecule has 1 amide bonds. The van der Waals surface area contributed by atoms with E-state index in [1.54, 1.807) is 14.0 Å². The molecular weight excluding hydrogens is 372 g/mol. The molecule has 0 aliphatic heterocycles. The van der Waals surface area contributed by atoms with Crippen molar-refractivity contribution in [3.63, 3.8) is 0 Å². The Bertz CT molecular complexity index is 703. The Morgan fingerprint density at radius 3 is 2.24 bits per heavy atom. The van der Waals surface area contributed by atoms with Gasteiger partial charge in [0.2, 0.25) is 0 Å². The third-order valence-electron chi connectivity index (χ3n) is 5.07. The van der Waals surface area contributed by atoms with Crippen molar-refractivity contribution in [2.24, 2.45) is 5.73 Å². The molecule has 7 heteroatoms. The second-order valence-electron chi connectivity index (χ2n) is 7.01. The number of nitrogens with two attached hydrogens (primary N) is 1. The summed E-state index contributed by atoms with van der Waals surface area (Å²) in [6, 6.07) is -0.691. The van der Waals surface area contributed by atoms with Crippen molar-refractivity contribution in [2.75, 3.05) is 26.9 Å². The van der Waals surface area contributed by atoms with Crippen LogP contribution >= 0.6 is 0 Å². The molecule has 0 aliphatic carbocycles. The Hall–Kier alpha value is -2.28. The van der Waals surface area contributed by atoms with E-state index >= 15 is 0 Å². The number of rotatable bonds is 12. The normalized spacial score (nSPS) is 11.7. The van der Waals surface area contributed by atoms with Gasteiger partial charge in [-0.3, -0.25) is 4.79 Å². The molecule has 0 heterocycles. The van der Waals surface area contributed by atoms with Crippen LogP contribution in [0.3, 0.4) is 0 Å². The molecule has 29 heavy (non-hydrogen) atoms. The molecule has 3 N–H and O–H groups in total. The maximum absolute atomic E-state index is 12.5. The second kappa shape index (κ2) is 12.3. The van der Waals surface area contributed by atoms with Gasteiger partial charge in [0, 0.05) is 5.56 Å². The van der Waals surface area contributed by atoms with Gasteiger partial charge in [-0.2, -0.15) is 0 Å². The van der Waals surface area contributed by atoms with Crippen molar-refractivity contribution in [1.82, 2.24) is 5.32 Å². The third kappa shape index (κ3) is 6.63. The highest BCUT2D eigenvalue weighted by Gasteiger charge is 2.23. The lowest BCUT2D eigenvalue weighted by molar-refractivity contribution is -0.147. The van der Waals surface area contributed by atoms with Crippen LogP contribution in [0.4, 0.5) is 0 Å². The Morgan fingerprint density at radius 2 is 1.69 bits per heavy atom. The van der Waals surface area contributed by atoms with Crippen molar-refractivity contribution in [1.29, 1.82) is 0 Å². The first-order valence-corrected chi connectivity index (χ1v) is 10.3. The molecule has 164 valence electrons. The van der Waals surface area contributed by atoms with E-state index in [0.29, 0.717) is 18.7 Å². The number of hydrogen-bond acceptors (Lipinski definition) is 6. The van der Waals surface area contributed by atoms with Crippen LogP contribution in [-0.2, 0) is 20.7 Å². The zero-order valence-electron chi connectivity index (χ0n) is 18.6. The number of unbranched alkanes of at least 4 members (excludes halogenated alkanes) is 1. The number of ether oxygens (including phenoxy) is 3. The molecule has 0 spiro atoms. The Labute approximate surface area is 174 Å². The SMILES string of the molecule is CCOC(=O)[C@H](CCCCN)NC(=O)COc1c(C)c(C)c(OC)c(CC)c1C. The summed E-state index contributed by atoms with van der Waals surface area (Å²) in [5, 5.41) is 2.73. The molecule has 0 aromatic heterocycles. The zero-order valence-corrected chi connectivity index (χ0v) is 18.6. The fourth-order valence-electron chi connectivity index (χ4n) is 3.43. The van der Waals surface area contributed by atoms with E-state index in [9.17, 15) is 9.59 Å². The first kappa shape index (κ1) is 24.8. The van der Waals surface area contributed by atoms with Crippen LogP contribution in [0.1, 0.15) is 55.4 Å². The molecule has 1 atom stereocenters. The molecule has 1 rings (SSSR count). The average molecular weight is 409 g/mol. The van der Waals surface area contributed by atoms with Gasteiger partial charge in [0.15, 0.2) is 6.61 Å². The number of carbonyl (C=O) groups is 2. The smallest absolute Gasteiger partial charge is 0.328 e. The number of benzene rings is 1. The summed E-state index contributed by atoms with van der Waals surface area (Å²) in [5.74, 6) is 0.757. The van der Waals surface area contributed by atoms with Gasteiger partial charge in [-0.1, -0.05) is 6.92 Å². The molecule has 0 aliphatic rings. The molecule has 0 bridgehead atoms. The summed E-state index contributed by atoms with van der Waals surface area (Å²) in [6.07, 6.45) is 2.80. The van der Waals surface area contributed by atoms with Crippen molar-refractivity contribution in [3.05, 3.63) is 22.3 Å². The first-order chi connectivity index (χ1) is 13.8. The predicted molar refractivity (Wildman–Crippen MR) is 114 cm³/mol. The molecule has 0 radical (unpaired) electrons. The monoisotopic (exact) mass is 408 g/mol. The minimum Gasteiger partial charge on any atom is -0.496 e. The van der Waals surface area contributed by atoms with E-state index < -0.39 is 12.0 Å². The molecule has 1 aromatic carbocycles. The number of carbonyl (C=O) groups excluding carboxylic acids is 2. The average Bonchev–Trinajstić information content (AvgIpc) is 2.69. The number of hydrogen-bond donors (Lipinski definition) is 2. The van der Waals surface area contributed by atoms with Gasteiger partial charge >= 0.3 is 5.97 Å². The molecular formula is C22H36N2O5. The van der Waals surface area contributed by atoms with E-state index in [4.69, 9.17) is 19.9 Å². The maximum Gasteiger partial charge on any atom is 0.328 e. The van der Waals surface area contributed by atoms with Gasteiger partial charge < -0.3 is 25.3 Å².